The molecule has 2 aromatic rings. The molecule has 1 atom stereocenters. The average molecular weight is 363 g/mol. The van der Waals surface area contributed by atoms with Crippen LogP contribution in [0.4, 0.5) is 0 Å². The topological polar surface area (TPSA) is 90.3 Å². The van der Waals surface area contributed by atoms with Gasteiger partial charge in [-0.25, -0.2) is 8.42 Å². The second-order valence-electron chi connectivity index (χ2n) is 5.11. The highest BCUT2D eigenvalue weighted by Crippen LogP contribution is 2.16. The Morgan fingerprint density at radius 1 is 1.29 bits per heavy atom. The molecule has 6 nitrogen and oxygen atoms in total. The third kappa shape index (κ3) is 4.64. The number of thiophene rings is 1. The maximum absolute atomic E-state index is 12.5. The Bertz CT molecular complexity index is 812. The smallest absolute Gasteiger partial charge is 0.250 e. The molecule has 1 N–H and O–H groups in total. The lowest BCUT2D eigenvalue weighted by Crippen LogP contribution is -2.46. The van der Waals surface area contributed by atoms with Crippen LogP contribution in [0.15, 0.2) is 52.1 Å². The van der Waals surface area contributed by atoms with Crippen LogP contribution in [0, 0.1) is 11.3 Å². The first-order valence-corrected chi connectivity index (χ1v) is 9.56. The number of hydrogen-bond donors (Lipinski definition) is 1. The van der Waals surface area contributed by atoms with Gasteiger partial charge in [-0.15, -0.1) is 11.3 Å². The van der Waals surface area contributed by atoms with E-state index in [9.17, 15) is 13.2 Å². The summed E-state index contributed by atoms with van der Waals surface area (Å²) >= 11 is 1.08. The van der Waals surface area contributed by atoms with Crippen molar-refractivity contribution in [3.8, 4) is 6.07 Å². The summed E-state index contributed by atoms with van der Waals surface area (Å²) in [6, 6.07) is 13.3. The zero-order valence-electron chi connectivity index (χ0n) is 13.0. The fraction of sp³-hybridized carbons (Fsp3) is 0.250. The molecule has 0 radical (unpaired) electrons. The van der Waals surface area contributed by atoms with Gasteiger partial charge < -0.3 is 4.90 Å². The number of nitrogens with one attached hydrogen (secondary N) is 1. The summed E-state index contributed by atoms with van der Waals surface area (Å²) in [6.45, 7) is 1.61. The predicted molar refractivity (Wildman–Crippen MR) is 91.6 cm³/mol. The first-order chi connectivity index (χ1) is 11.4. The summed E-state index contributed by atoms with van der Waals surface area (Å²) in [4.78, 5) is 13.9. The van der Waals surface area contributed by atoms with Crippen LogP contribution in [-0.4, -0.2) is 31.8 Å². The van der Waals surface area contributed by atoms with E-state index in [0.717, 1.165) is 16.9 Å². The minimum absolute atomic E-state index is 0.112. The van der Waals surface area contributed by atoms with Crippen molar-refractivity contribution in [2.45, 2.75) is 23.7 Å². The van der Waals surface area contributed by atoms with E-state index in [0.29, 0.717) is 0 Å². The molecule has 0 aliphatic rings. The summed E-state index contributed by atoms with van der Waals surface area (Å²) in [6.07, 6.45) is 0. The highest BCUT2D eigenvalue weighted by molar-refractivity contribution is 7.91. The fourth-order valence-corrected chi connectivity index (χ4v) is 4.34. The third-order valence-electron chi connectivity index (χ3n) is 3.25. The van der Waals surface area contributed by atoms with E-state index in [1.165, 1.54) is 17.9 Å². The molecule has 1 amide bonds. The van der Waals surface area contributed by atoms with Crippen LogP contribution < -0.4 is 4.72 Å². The number of hydrogen-bond acceptors (Lipinski definition) is 5. The normalized spacial score (nSPS) is 12.3. The van der Waals surface area contributed by atoms with Crippen LogP contribution in [-0.2, 0) is 21.4 Å². The molecule has 0 aliphatic heterocycles. The molecular formula is C16H17N3O3S2. The summed E-state index contributed by atoms with van der Waals surface area (Å²) in [5.41, 5.74) is 0.870. The van der Waals surface area contributed by atoms with E-state index < -0.39 is 22.0 Å². The molecule has 0 bridgehead atoms. The van der Waals surface area contributed by atoms with Gasteiger partial charge in [-0.1, -0.05) is 36.4 Å². The van der Waals surface area contributed by atoms with Gasteiger partial charge in [0.05, 0.1) is 12.1 Å². The number of carbonyl (C=O) groups excluding carboxylic acids is 1. The van der Waals surface area contributed by atoms with Gasteiger partial charge in [0.1, 0.15) is 10.8 Å². The predicted octanol–water partition coefficient (Wildman–Crippen LogP) is 1.97. The number of sulfonamides is 1. The van der Waals surface area contributed by atoms with Gasteiger partial charge in [0.25, 0.3) is 10.0 Å². The van der Waals surface area contributed by atoms with E-state index in [4.69, 9.17) is 5.26 Å². The van der Waals surface area contributed by atoms with Gasteiger partial charge in [0, 0.05) is 6.54 Å². The van der Waals surface area contributed by atoms with Crippen molar-refractivity contribution < 1.29 is 13.2 Å². The maximum Gasteiger partial charge on any atom is 0.250 e. The quantitative estimate of drug-likeness (QED) is 0.762. The van der Waals surface area contributed by atoms with Gasteiger partial charge in [0.2, 0.25) is 5.91 Å². The van der Waals surface area contributed by atoms with Crippen LogP contribution >= 0.6 is 11.3 Å². The Kier molecular flexibility index (Phi) is 6.09. The number of nitriles is 1. The average Bonchev–Trinajstić information content (AvgIpc) is 3.10. The first kappa shape index (κ1) is 18.1. The number of rotatable bonds is 7. The third-order valence-corrected chi connectivity index (χ3v) is 6.19. The number of carbonyl (C=O) groups is 1. The van der Waals surface area contributed by atoms with Crippen molar-refractivity contribution in [2.24, 2.45) is 0 Å². The van der Waals surface area contributed by atoms with Gasteiger partial charge in [-0.3, -0.25) is 4.79 Å². The molecule has 8 heteroatoms. The molecule has 0 saturated heterocycles. The van der Waals surface area contributed by atoms with Crippen molar-refractivity contribution in [1.29, 1.82) is 5.26 Å². The Hall–Kier alpha value is -2.21. The maximum atomic E-state index is 12.5. The highest BCUT2D eigenvalue weighted by Gasteiger charge is 2.26. The number of benzene rings is 1. The Morgan fingerprint density at radius 2 is 2.00 bits per heavy atom. The lowest BCUT2D eigenvalue weighted by Gasteiger charge is -2.23. The molecule has 24 heavy (non-hydrogen) atoms. The van der Waals surface area contributed by atoms with Crippen molar-refractivity contribution in [3.63, 3.8) is 0 Å². The van der Waals surface area contributed by atoms with E-state index in [-0.39, 0.29) is 17.3 Å². The van der Waals surface area contributed by atoms with Crippen molar-refractivity contribution in [1.82, 2.24) is 9.62 Å². The minimum atomic E-state index is -3.74. The monoisotopic (exact) mass is 363 g/mol. The number of amides is 1. The largest absolute Gasteiger partial charge is 0.324 e. The summed E-state index contributed by atoms with van der Waals surface area (Å²) in [5.74, 6) is -0.444. The highest BCUT2D eigenvalue weighted by atomic mass is 32.2. The summed E-state index contributed by atoms with van der Waals surface area (Å²) in [5, 5.41) is 10.6. The van der Waals surface area contributed by atoms with E-state index in [2.05, 4.69) is 4.72 Å². The van der Waals surface area contributed by atoms with Gasteiger partial charge in [0.15, 0.2) is 0 Å². The van der Waals surface area contributed by atoms with Crippen LogP contribution in [0.1, 0.15) is 12.5 Å². The summed E-state index contributed by atoms with van der Waals surface area (Å²) < 4.78 is 26.9. The molecule has 0 saturated carbocycles. The number of nitrogens with zero attached hydrogens (tertiary/aromatic N) is 2. The fourth-order valence-electron chi connectivity index (χ4n) is 2.13. The molecule has 1 aromatic carbocycles. The van der Waals surface area contributed by atoms with E-state index in [1.54, 1.807) is 11.4 Å². The Labute approximate surface area is 145 Å². The van der Waals surface area contributed by atoms with Crippen LogP contribution in [0.25, 0.3) is 0 Å². The SMILES string of the molecule is CC(NS(=O)(=O)c1cccs1)C(=O)N(CC#N)Cc1ccccc1. The zero-order valence-corrected chi connectivity index (χ0v) is 14.7. The second kappa shape index (κ2) is 8.06. The molecule has 0 aliphatic carbocycles. The van der Waals surface area contributed by atoms with E-state index >= 15 is 0 Å². The molecule has 0 fully saturated rings. The molecule has 2 rings (SSSR count). The molecule has 1 heterocycles. The van der Waals surface area contributed by atoms with Crippen molar-refractivity contribution >= 4 is 27.3 Å². The lowest BCUT2D eigenvalue weighted by molar-refractivity contribution is -0.132. The zero-order chi connectivity index (χ0) is 17.6. The molecule has 1 aromatic heterocycles. The summed E-state index contributed by atoms with van der Waals surface area (Å²) in [7, 11) is -3.74. The van der Waals surface area contributed by atoms with Crippen LogP contribution in [0.3, 0.4) is 0 Å². The van der Waals surface area contributed by atoms with E-state index in [1.807, 2.05) is 36.4 Å². The molecule has 126 valence electrons. The lowest BCUT2D eigenvalue weighted by atomic mass is 10.2. The molecular weight excluding hydrogens is 346 g/mol. The standard InChI is InChI=1S/C16H17N3O3S2/c1-13(18-24(21,22)15-8-5-11-23-15)16(20)19(10-9-17)12-14-6-3-2-4-7-14/h2-8,11,13,18H,10,12H2,1H3. The van der Waals surface area contributed by atoms with Gasteiger partial charge in [-0.05, 0) is 23.9 Å². The minimum Gasteiger partial charge on any atom is -0.324 e. The Morgan fingerprint density at radius 3 is 2.58 bits per heavy atom. The van der Waals surface area contributed by atoms with Gasteiger partial charge in [-0.2, -0.15) is 9.98 Å². The van der Waals surface area contributed by atoms with Gasteiger partial charge >= 0.3 is 0 Å². The molecule has 1 unspecified atom stereocenters. The Balaban J connectivity index is 2.10. The van der Waals surface area contributed by atoms with Crippen LogP contribution in [0.5, 0.6) is 0 Å². The van der Waals surface area contributed by atoms with Crippen molar-refractivity contribution in [2.75, 3.05) is 6.54 Å². The van der Waals surface area contributed by atoms with Crippen molar-refractivity contribution in [3.05, 3.63) is 53.4 Å². The van der Waals surface area contributed by atoms with Crippen LogP contribution in [0.2, 0.25) is 0 Å². The second-order valence-corrected chi connectivity index (χ2v) is 8.00. The first-order valence-electron chi connectivity index (χ1n) is 7.19. The molecule has 0 spiro atoms.